The lowest BCUT2D eigenvalue weighted by molar-refractivity contribution is -0.110. The van der Waals surface area contributed by atoms with Crippen LogP contribution in [0.4, 0.5) is 0 Å². The van der Waals surface area contributed by atoms with E-state index >= 15 is 0 Å². The average Bonchev–Trinajstić information content (AvgIpc) is 2.30. The predicted octanol–water partition coefficient (Wildman–Crippen LogP) is 2.72. The number of aldehydes is 1. The van der Waals surface area contributed by atoms with Crippen molar-refractivity contribution in [3.05, 3.63) is 34.9 Å². The van der Waals surface area contributed by atoms with E-state index in [2.05, 4.69) is 32.0 Å². The topological polar surface area (TPSA) is 43.1 Å². The van der Waals surface area contributed by atoms with Crippen LogP contribution in [0.2, 0.25) is 0 Å². The first kappa shape index (κ1) is 13.9. The number of hydrogen-bond donors (Lipinski definition) is 1. The van der Waals surface area contributed by atoms with Gasteiger partial charge < -0.3 is 10.5 Å². The zero-order chi connectivity index (χ0) is 12.8. The van der Waals surface area contributed by atoms with Gasteiger partial charge in [0.05, 0.1) is 0 Å². The van der Waals surface area contributed by atoms with Crippen LogP contribution in [-0.4, -0.2) is 6.29 Å². The molecular weight excluding hydrogens is 210 g/mol. The molecule has 1 aromatic carbocycles. The Morgan fingerprint density at radius 3 is 2.41 bits per heavy atom. The smallest absolute Gasteiger partial charge is 0.123 e. The molecule has 94 valence electrons. The van der Waals surface area contributed by atoms with Gasteiger partial charge >= 0.3 is 0 Å². The van der Waals surface area contributed by atoms with E-state index < -0.39 is 0 Å². The first-order valence-corrected chi connectivity index (χ1v) is 6.32. The fraction of sp³-hybridized carbons (Fsp3) is 0.533. The molecule has 2 heteroatoms. The zero-order valence-corrected chi connectivity index (χ0v) is 11.1. The first-order chi connectivity index (χ1) is 8.06. The quantitative estimate of drug-likeness (QED) is 0.768. The molecule has 0 saturated heterocycles. The van der Waals surface area contributed by atoms with Crippen molar-refractivity contribution < 1.29 is 4.79 Å². The molecule has 1 atom stereocenters. The summed E-state index contributed by atoms with van der Waals surface area (Å²) in [5, 5.41) is 0. The van der Waals surface area contributed by atoms with E-state index in [4.69, 9.17) is 5.73 Å². The molecule has 1 rings (SSSR count). The van der Waals surface area contributed by atoms with E-state index in [1.54, 1.807) is 0 Å². The van der Waals surface area contributed by atoms with Gasteiger partial charge in [0.25, 0.3) is 0 Å². The molecule has 0 amide bonds. The SMILES string of the molecule is CC(C)Cc1ccc(CC(C)C=O)c(CN)c1. The molecule has 0 aromatic heterocycles. The van der Waals surface area contributed by atoms with Gasteiger partial charge in [-0.3, -0.25) is 0 Å². The highest BCUT2D eigenvalue weighted by atomic mass is 16.1. The Bertz CT molecular complexity index is 371. The number of carbonyl (C=O) groups excluding carboxylic acids is 1. The van der Waals surface area contributed by atoms with E-state index in [0.29, 0.717) is 12.5 Å². The molecule has 0 saturated carbocycles. The number of carbonyl (C=O) groups is 1. The number of nitrogens with two attached hydrogens (primary N) is 1. The van der Waals surface area contributed by atoms with Gasteiger partial charge in [0.2, 0.25) is 0 Å². The van der Waals surface area contributed by atoms with Gasteiger partial charge in [0.15, 0.2) is 0 Å². The maximum absolute atomic E-state index is 10.7. The van der Waals surface area contributed by atoms with Gasteiger partial charge in [-0.05, 0) is 35.4 Å². The molecule has 2 N–H and O–H groups in total. The zero-order valence-electron chi connectivity index (χ0n) is 11.1. The Kier molecular flexibility index (Phi) is 5.36. The molecule has 0 aliphatic heterocycles. The number of hydrogen-bond acceptors (Lipinski definition) is 2. The van der Waals surface area contributed by atoms with Crippen molar-refractivity contribution >= 4 is 6.29 Å². The largest absolute Gasteiger partial charge is 0.326 e. The molecule has 0 bridgehead atoms. The molecule has 0 aliphatic carbocycles. The van der Waals surface area contributed by atoms with Crippen LogP contribution in [-0.2, 0) is 24.2 Å². The van der Waals surface area contributed by atoms with E-state index in [0.717, 1.165) is 19.1 Å². The van der Waals surface area contributed by atoms with E-state index in [-0.39, 0.29) is 5.92 Å². The summed E-state index contributed by atoms with van der Waals surface area (Å²) in [6.07, 6.45) is 2.87. The van der Waals surface area contributed by atoms with E-state index in [1.165, 1.54) is 16.7 Å². The molecule has 0 heterocycles. The third-order valence-electron chi connectivity index (χ3n) is 2.91. The summed E-state index contributed by atoms with van der Waals surface area (Å²) in [7, 11) is 0. The van der Waals surface area contributed by atoms with Crippen molar-refractivity contribution in [2.75, 3.05) is 0 Å². The van der Waals surface area contributed by atoms with Crippen molar-refractivity contribution in [2.45, 2.75) is 40.2 Å². The summed E-state index contributed by atoms with van der Waals surface area (Å²) in [5.41, 5.74) is 9.50. The lowest BCUT2D eigenvalue weighted by Crippen LogP contribution is -2.08. The fourth-order valence-corrected chi connectivity index (χ4v) is 2.06. The maximum Gasteiger partial charge on any atom is 0.123 e. The molecule has 2 nitrogen and oxygen atoms in total. The van der Waals surface area contributed by atoms with Crippen LogP contribution in [0.25, 0.3) is 0 Å². The lowest BCUT2D eigenvalue weighted by atomic mass is 9.93. The minimum Gasteiger partial charge on any atom is -0.326 e. The summed E-state index contributed by atoms with van der Waals surface area (Å²) in [6, 6.07) is 6.47. The standard InChI is InChI=1S/C15H23NO/c1-11(2)6-13-4-5-14(7-12(3)10-17)15(8-13)9-16/h4-5,8,10-12H,6-7,9,16H2,1-3H3. The first-order valence-electron chi connectivity index (χ1n) is 6.32. The Morgan fingerprint density at radius 2 is 1.88 bits per heavy atom. The van der Waals surface area contributed by atoms with Gasteiger partial charge in [-0.2, -0.15) is 0 Å². The average molecular weight is 233 g/mol. The highest BCUT2D eigenvalue weighted by molar-refractivity contribution is 5.54. The van der Waals surface area contributed by atoms with E-state index in [9.17, 15) is 4.79 Å². The summed E-state index contributed by atoms with van der Waals surface area (Å²) < 4.78 is 0. The number of benzene rings is 1. The Hall–Kier alpha value is -1.15. The van der Waals surface area contributed by atoms with Crippen LogP contribution in [0.3, 0.4) is 0 Å². The van der Waals surface area contributed by atoms with Crippen LogP contribution in [0, 0.1) is 11.8 Å². The predicted molar refractivity (Wildman–Crippen MR) is 71.8 cm³/mol. The molecule has 0 fully saturated rings. The molecule has 1 aromatic rings. The molecular formula is C15H23NO. The second-order valence-corrected chi connectivity index (χ2v) is 5.22. The molecule has 1 unspecified atom stereocenters. The van der Waals surface area contributed by atoms with Gasteiger partial charge in [-0.25, -0.2) is 0 Å². The summed E-state index contributed by atoms with van der Waals surface area (Å²) in [5.74, 6) is 0.719. The van der Waals surface area contributed by atoms with Crippen molar-refractivity contribution in [1.29, 1.82) is 0 Å². The fourth-order valence-electron chi connectivity index (χ4n) is 2.06. The summed E-state index contributed by atoms with van der Waals surface area (Å²) in [6.45, 7) is 6.91. The Labute approximate surface area is 104 Å². The van der Waals surface area contributed by atoms with Crippen molar-refractivity contribution in [1.82, 2.24) is 0 Å². The van der Waals surface area contributed by atoms with Gasteiger partial charge in [-0.15, -0.1) is 0 Å². The molecule has 0 radical (unpaired) electrons. The molecule has 0 aliphatic rings. The van der Waals surface area contributed by atoms with Crippen molar-refractivity contribution in [3.8, 4) is 0 Å². The number of rotatable bonds is 6. The summed E-state index contributed by atoms with van der Waals surface area (Å²) in [4.78, 5) is 10.7. The van der Waals surface area contributed by atoms with Crippen LogP contribution in [0.5, 0.6) is 0 Å². The molecule has 0 spiro atoms. The van der Waals surface area contributed by atoms with Crippen LogP contribution < -0.4 is 5.73 Å². The third kappa shape index (κ3) is 4.31. The minimum atomic E-state index is 0.0660. The monoisotopic (exact) mass is 233 g/mol. The van der Waals surface area contributed by atoms with Crippen LogP contribution >= 0.6 is 0 Å². The van der Waals surface area contributed by atoms with E-state index in [1.807, 2.05) is 6.92 Å². The van der Waals surface area contributed by atoms with Crippen LogP contribution in [0.15, 0.2) is 18.2 Å². The van der Waals surface area contributed by atoms with Crippen molar-refractivity contribution in [2.24, 2.45) is 17.6 Å². The highest BCUT2D eigenvalue weighted by Gasteiger charge is 2.08. The third-order valence-corrected chi connectivity index (χ3v) is 2.91. The second-order valence-electron chi connectivity index (χ2n) is 5.22. The van der Waals surface area contributed by atoms with Crippen LogP contribution in [0.1, 0.15) is 37.5 Å². The van der Waals surface area contributed by atoms with Gasteiger partial charge in [0, 0.05) is 12.5 Å². The highest BCUT2D eigenvalue weighted by Crippen LogP contribution is 2.17. The second kappa shape index (κ2) is 6.55. The van der Waals surface area contributed by atoms with Gasteiger partial charge in [-0.1, -0.05) is 39.0 Å². The van der Waals surface area contributed by atoms with Crippen molar-refractivity contribution in [3.63, 3.8) is 0 Å². The minimum absolute atomic E-state index is 0.0660. The lowest BCUT2D eigenvalue weighted by Gasteiger charge is -2.13. The Morgan fingerprint density at radius 1 is 1.18 bits per heavy atom. The Balaban J connectivity index is 2.88. The molecule has 17 heavy (non-hydrogen) atoms. The van der Waals surface area contributed by atoms with Gasteiger partial charge in [0.1, 0.15) is 6.29 Å². The normalized spacial score (nSPS) is 12.8. The summed E-state index contributed by atoms with van der Waals surface area (Å²) >= 11 is 0. The maximum atomic E-state index is 10.7.